The first kappa shape index (κ1) is 16.3. The maximum atomic E-state index is 4.59. The number of hydrogen-bond acceptors (Lipinski definition) is 4. The number of nitrogens with zero attached hydrogens (tertiary/aromatic N) is 3. The lowest BCUT2D eigenvalue weighted by Gasteiger charge is -2.19. The van der Waals surface area contributed by atoms with Crippen molar-refractivity contribution >= 4 is 11.8 Å². The van der Waals surface area contributed by atoms with E-state index in [1.54, 1.807) is 11.8 Å². The Kier molecular flexibility index (Phi) is 4.83. The molecular formula is C20H22N4S. The second-order valence-electron chi connectivity index (χ2n) is 6.57. The summed E-state index contributed by atoms with van der Waals surface area (Å²) < 4.78 is 0. The van der Waals surface area contributed by atoms with E-state index in [9.17, 15) is 0 Å². The predicted octanol–water partition coefficient (Wildman–Crippen LogP) is 5.30. The molecule has 0 spiro atoms. The molecule has 3 aromatic rings. The van der Waals surface area contributed by atoms with Crippen LogP contribution >= 0.6 is 11.8 Å². The second-order valence-corrected chi connectivity index (χ2v) is 7.44. The zero-order valence-corrected chi connectivity index (χ0v) is 15.2. The molecule has 0 saturated heterocycles. The van der Waals surface area contributed by atoms with Crippen molar-refractivity contribution in [3.8, 4) is 22.6 Å². The van der Waals surface area contributed by atoms with Crippen molar-refractivity contribution in [1.82, 2.24) is 19.9 Å². The zero-order chi connectivity index (χ0) is 17.1. The Morgan fingerprint density at radius 2 is 1.88 bits per heavy atom. The fraction of sp³-hybridized carbons (Fsp3) is 0.350. The molecule has 128 valence electrons. The Morgan fingerprint density at radius 3 is 2.72 bits per heavy atom. The molecule has 1 aliphatic carbocycles. The number of aromatic amines is 1. The van der Waals surface area contributed by atoms with Gasteiger partial charge in [-0.2, -0.15) is 0 Å². The molecule has 1 fully saturated rings. The van der Waals surface area contributed by atoms with E-state index in [0.29, 0.717) is 5.92 Å². The molecule has 5 heteroatoms. The van der Waals surface area contributed by atoms with E-state index >= 15 is 0 Å². The van der Waals surface area contributed by atoms with Crippen LogP contribution in [0.3, 0.4) is 0 Å². The monoisotopic (exact) mass is 350 g/mol. The number of nitrogens with one attached hydrogen (secondary N) is 1. The van der Waals surface area contributed by atoms with Gasteiger partial charge in [-0.1, -0.05) is 19.3 Å². The van der Waals surface area contributed by atoms with Crippen LogP contribution in [0, 0.1) is 0 Å². The van der Waals surface area contributed by atoms with Crippen LogP contribution < -0.4 is 0 Å². The summed E-state index contributed by atoms with van der Waals surface area (Å²) >= 11 is 1.70. The van der Waals surface area contributed by atoms with E-state index in [-0.39, 0.29) is 0 Å². The van der Waals surface area contributed by atoms with Crippen LogP contribution in [-0.2, 0) is 0 Å². The van der Waals surface area contributed by atoms with Crippen molar-refractivity contribution in [3.05, 3.63) is 48.7 Å². The molecule has 0 radical (unpaired) electrons. The van der Waals surface area contributed by atoms with E-state index in [1.807, 2.05) is 30.9 Å². The molecule has 0 amide bonds. The number of pyridine rings is 2. The van der Waals surface area contributed by atoms with Crippen LogP contribution in [0.4, 0.5) is 0 Å². The Hall–Kier alpha value is -2.14. The predicted molar refractivity (Wildman–Crippen MR) is 103 cm³/mol. The van der Waals surface area contributed by atoms with Crippen LogP contribution in [0.1, 0.15) is 43.7 Å². The van der Waals surface area contributed by atoms with Gasteiger partial charge in [0.05, 0.1) is 0 Å². The topological polar surface area (TPSA) is 54.5 Å². The number of imidazole rings is 1. The first-order valence-electron chi connectivity index (χ1n) is 8.84. The van der Waals surface area contributed by atoms with Gasteiger partial charge in [-0.05, 0) is 42.9 Å². The zero-order valence-electron chi connectivity index (χ0n) is 14.4. The lowest BCUT2D eigenvalue weighted by atomic mass is 9.87. The van der Waals surface area contributed by atoms with Gasteiger partial charge >= 0.3 is 0 Å². The minimum absolute atomic E-state index is 0.626. The molecule has 0 atom stereocenters. The molecule has 0 bridgehead atoms. The standard InChI is InChI=1S/C20H22N4S/c1-25-17-9-16(11-21-12-17)15-7-8-22-18(10-15)20-23-13-19(24-20)14-5-3-2-4-6-14/h7-14H,2-6H2,1H3,(H,23,24). The summed E-state index contributed by atoms with van der Waals surface area (Å²) in [5.74, 6) is 1.48. The van der Waals surface area contributed by atoms with Crippen LogP contribution in [0.5, 0.6) is 0 Å². The SMILES string of the molecule is CSc1cncc(-c2ccnc(-c3ncc(C4CCCCC4)[nH]3)c2)c1. The minimum atomic E-state index is 0.626. The summed E-state index contributed by atoms with van der Waals surface area (Å²) in [4.78, 5) is 18.1. The van der Waals surface area contributed by atoms with Gasteiger partial charge in [0.2, 0.25) is 0 Å². The van der Waals surface area contributed by atoms with E-state index in [2.05, 4.69) is 38.3 Å². The van der Waals surface area contributed by atoms with E-state index in [4.69, 9.17) is 0 Å². The van der Waals surface area contributed by atoms with Crippen molar-refractivity contribution in [2.75, 3.05) is 6.26 Å². The summed E-state index contributed by atoms with van der Waals surface area (Å²) in [7, 11) is 0. The maximum absolute atomic E-state index is 4.59. The molecule has 0 aliphatic heterocycles. The number of H-pyrrole nitrogens is 1. The third-order valence-corrected chi connectivity index (χ3v) is 5.62. The van der Waals surface area contributed by atoms with Crippen molar-refractivity contribution < 1.29 is 0 Å². The largest absolute Gasteiger partial charge is 0.340 e. The summed E-state index contributed by atoms with van der Waals surface area (Å²) in [6.45, 7) is 0. The smallest absolute Gasteiger partial charge is 0.156 e. The van der Waals surface area contributed by atoms with Crippen LogP contribution in [0.15, 0.2) is 47.9 Å². The van der Waals surface area contributed by atoms with Gasteiger partial charge in [0.1, 0.15) is 5.69 Å². The number of aromatic nitrogens is 4. The molecule has 25 heavy (non-hydrogen) atoms. The summed E-state index contributed by atoms with van der Waals surface area (Å²) in [5, 5.41) is 0. The molecule has 0 aromatic carbocycles. The van der Waals surface area contributed by atoms with Crippen molar-refractivity contribution in [3.63, 3.8) is 0 Å². The maximum Gasteiger partial charge on any atom is 0.156 e. The van der Waals surface area contributed by atoms with Crippen LogP contribution in [0.25, 0.3) is 22.6 Å². The average Bonchev–Trinajstić information content (AvgIpc) is 3.19. The highest BCUT2D eigenvalue weighted by molar-refractivity contribution is 7.98. The van der Waals surface area contributed by atoms with Gasteiger partial charge in [0.25, 0.3) is 0 Å². The average molecular weight is 350 g/mol. The second kappa shape index (κ2) is 7.40. The highest BCUT2D eigenvalue weighted by Gasteiger charge is 2.18. The van der Waals surface area contributed by atoms with Crippen molar-refractivity contribution in [1.29, 1.82) is 0 Å². The fourth-order valence-electron chi connectivity index (χ4n) is 3.51. The Morgan fingerprint density at radius 1 is 1.00 bits per heavy atom. The third kappa shape index (κ3) is 3.61. The quantitative estimate of drug-likeness (QED) is 0.648. The van der Waals surface area contributed by atoms with Crippen molar-refractivity contribution in [2.24, 2.45) is 0 Å². The first-order chi connectivity index (χ1) is 12.3. The van der Waals surface area contributed by atoms with E-state index in [0.717, 1.165) is 27.5 Å². The molecule has 4 rings (SSSR count). The fourth-order valence-corrected chi connectivity index (χ4v) is 3.93. The molecule has 1 saturated carbocycles. The summed E-state index contributed by atoms with van der Waals surface area (Å²) in [6.07, 6.45) is 16.2. The van der Waals surface area contributed by atoms with Gasteiger partial charge in [0.15, 0.2) is 5.82 Å². The lowest BCUT2D eigenvalue weighted by Crippen LogP contribution is -2.04. The van der Waals surface area contributed by atoms with Gasteiger partial charge in [-0.15, -0.1) is 11.8 Å². The highest BCUT2D eigenvalue weighted by Crippen LogP contribution is 2.32. The summed E-state index contributed by atoms with van der Waals surface area (Å²) in [6, 6.07) is 6.27. The molecule has 0 unspecified atom stereocenters. The number of rotatable bonds is 4. The van der Waals surface area contributed by atoms with Gasteiger partial charge < -0.3 is 4.98 Å². The molecule has 3 aromatic heterocycles. The molecule has 1 N–H and O–H groups in total. The van der Waals surface area contributed by atoms with Crippen molar-refractivity contribution in [2.45, 2.75) is 42.9 Å². The normalized spacial score (nSPS) is 15.4. The van der Waals surface area contributed by atoms with Gasteiger partial charge in [-0.3, -0.25) is 9.97 Å². The number of hydrogen-bond donors (Lipinski definition) is 1. The molecule has 4 nitrogen and oxygen atoms in total. The lowest BCUT2D eigenvalue weighted by molar-refractivity contribution is 0.438. The minimum Gasteiger partial charge on any atom is -0.340 e. The molecule has 1 aliphatic rings. The Labute approximate surface area is 152 Å². The first-order valence-corrected chi connectivity index (χ1v) is 10.1. The van der Waals surface area contributed by atoms with E-state index < -0.39 is 0 Å². The summed E-state index contributed by atoms with van der Waals surface area (Å²) in [5.41, 5.74) is 4.36. The number of thioether (sulfide) groups is 1. The third-order valence-electron chi connectivity index (χ3n) is 4.93. The van der Waals surface area contributed by atoms with Gasteiger partial charge in [-0.25, -0.2) is 4.98 Å². The highest BCUT2D eigenvalue weighted by atomic mass is 32.2. The molecule has 3 heterocycles. The van der Waals surface area contributed by atoms with Crippen LogP contribution in [-0.4, -0.2) is 26.2 Å². The Balaban J connectivity index is 1.62. The van der Waals surface area contributed by atoms with E-state index in [1.165, 1.54) is 37.8 Å². The van der Waals surface area contributed by atoms with Crippen LogP contribution in [0.2, 0.25) is 0 Å². The van der Waals surface area contributed by atoms with Gasteiger partial charge in [0, 0.05) is 46.9 Å². The Bertz CT molecular complexity index is 852. The molecular weight excluding hydrogens is 328 g/mol.